The molecule has 3 rings (SSSR count). The number of ether oxygens (including phenoxy) is 1. The summed E-state index contributed by atoms with van der Waals surface area (Å²) in [4.78, 5) is 15.4. The van der Waals surface area contributed by atoms with E-state index in [4.69, 9.17) is 4.42 Å². The maximum absolute atomic E-state index is 12.7. The minimum Gasteiger partial charge on any atom is -0.468 e. The molecule has 0 saturated carbocycles. The molecule has 0 amide bonds. The second-order valence-corrected chi connectivity index (χ2v) is 6.14. The zero-order valence-electron chi connectivity index (χ0n) is 15.6. The maximum atomic E-state index is 12.7. The summed E-state index contributed by atoms with van der Waals surface area (Å²) in [6.07, 6.45) is -2.96. The van der Waals surface area contributed by atoms with Gasteiger partial charge in [-0.15, -0.1) is 0 Å². The molecule has 0 aliphatic carbocycles. The predicted molar refractivity (Wildman–Crippen MR) is 102 cm³/mol. The van der Waals surface area contributed by atoms with Crippen molar-refractivity contribution in [2.75, 3.05) is 24.3 Å². The van der Waals surface area contributed by atoms with Crippen molar-refractivity contribution in [2.24, 2.45) is 0 Å². The number of nitrogens with one attached hydrogen (secondary N) is 2. The van der Waals surface area contributed by atoms with Crippen LogP contribution in [-0.4, -0.2) is 24.6 Å². The first-order valence-corrected chi connectivity index (χ1v) is 8.58. The van der Waals surface area contributed by atoms with Gasteiger partial charge in [0.2, 0.25) is 0 Å². The van der Waals surface area contributed by atoms with Crippen LogP contribution in [0.2, 0.25) is 0 Å². The van der Waals surface area contributed by atoms with Crippen LogP contribution in [0.4, 0.5) is 30.6 Å². The van der Waals surface area contributed by atoms with Crippen LogP contribution in [0.25, 0.3) is 11.3 Å². The minimum absolute atomic E-state index is 0.0257. The Kier molecular flexibility index (Phi) is 5.76. The van der Waals surface area contributed by atoms with Gasteiger partial charge in [-0.2, -0.15) is 13.2 Å². The molecule has 0 spiro atoms. The molecule has 0 aliphatic rings. The number of carbonyl (C=O) groups excluding carboxylic acids is 1. The molecule has 0 unspecified atom stereocenters. The zero-order valence-corrected chi connectivity index (χ0v) is 15.6. The summed E-state index contributed by atoms with van der Waals surface area (Å²) >= 11 is 0. The Labute approximate surface area is 164 Å². The van der Waals surface area contributed by atoms with Crippen LogP contribution in [0.5, 0.6) is 0 Å². The highest BCUT2D eigenvalue weighted by Gasteiger charge is 2.30. The molecule has 1 aromatic heterocycles. The van der Waals surface area contributed by atoms with E-state index in [9.17, 15) is 18.0 Å². The number of benzene rings is 2. The van der Waals surface area contributed by atoms with Crippen LogP contribution < -0.4 is 10.6 Å². The number of hydrogen-bond acceptors (Lipinski definition) is 6. The van der Waals surface area contributed by atoms with Crippen LogP contribution in [0.1, 0.15) is 11.1 Å². The third-order valence-corrected chi connectivity index (χ3v) is 4.23. The predicted octanol–water partition coefficient (Wildman–Crippen LogP) is 5.00. The fraction of sp³-hybridized carbons (Fsp3) is 0.200. The number of nitrogens with zero attached hydrogens (tertiary/aromatic N) is 1. The number of methoxy groups -OCH3 is 1. The van der Waals surface area contributed by atoms with Crippen molar-refractivity contribution in [1.29, 1.82) is 0 Å². The molecule has 0 fully saturated rings. The number of esters is 1. The lowest BCUT2D eigenvalue weighted by Gasteiger charge is -2.12. The summed E-state index contributed by atoms with van der Waals surface area (Å²) < 4.78 is 48.3. The SMILES string of the molecule is COC(=O)CNc1cccc(Nc2ncc(-c3ccc(C(F)(F)F)cc3)o2)c1C. The summed E-state index contributed by atoms with van der Waals surface area (Å²) in [7, 11) is 1.31. The van der Waals surface area contributed by atoms with Gasteiger partial charge < -0.3 is 19.8 Å². The highest BCUT2D eigenvalue weighted by atomic mass is 19.4. The minimum atomic E-state index is -4.39. The molecule has 9 heteroatoms. The van der Waals surface area contributed by atoms with Gasteiger partial charge in [0.1, 0.15) is 6.54 Å². The zero-order chi connectivity index (χ0) is 21.0. The van der Waals surface area contributed by atoms with Gasteiger partial charge in [0, 0.05) is 16.9 Å². The van der Waals surface area contributed by atoms with Gasteiger partial charge >= 0.3 is 12.1 Å². The molecule has 0 aliphatic heterocycles. The van der Waals surface area contributed by atoms with E-state index in [1.54, 1.807) is 12.1 Å². The van der Waals surface area contributed by atoms with Gasteiger partial charge in [0.05, 0.1) is 18.9 Å². The topological polar surface area (TPSA) is 76.4 Å². The number of oxazole rings is 1. The molecule has 0 radical (unpaired) electrons. The summed E-state index contributed by atoms with van der Waals surface area (Å²) in [6.45, 7) is 1.87. The first kappa shape index (κ1) is 20.2. The Morgan fingerprint density at radius 2 is 1.83 bits per heavy atom. The number of rotatable bonds is 6. The van der Waals surface area contributed by atoms with Crippen molar-refractivity contribution < 1.29 is 27.1 Å². The maximum Gasteiger partial charge on any atom is 0.416 e. The highest BCUT2D eigenvalue weighted by molar-refractivity contribution is 5.77. The molecular formula is C20H18F3N3O3. The summed E-state index contributed by atoms with van der Waals surface area (Å²) in [6, 6.07) is 10.2. The van der Waals surface area contributed by atoms with E-state index in [-0.39, 0.29) is 12.6 Å². The van der Waals surface area contributed by atoms with Crippen LogP contribution in [-0.2, 0) is 15.7 Å². The molecular weight excluding hydrogens is 387 g/mol. The molecule has 3 aromatic rings. The summed E-state index contributed by atoms with van der Waals surface area (Å²) in [5, 5.41) is 6.01. The van der Waals surface area contributed by atoms with E-state index in [1.165, 1.54) is 25.4 Å². The second kappa shape index (κ2) is 8.26. The van der Waals surface area contributed by atoms with E-state index in [0.717, 1.165) is 23.4 Å². The third kappa shape index (κ3) is 4.87. The molecule has 6 nitrogen and oxygen atoms in total. The third-order valence-electron chi connectivity index (χ3n) is 4.23. The van der Waals surface area contributed by atoms with Gasteiger partial charge in [-0.3, -0.25) is 4.79 Å². The molecule has 2 aromatic carbocycles. The number of anilines is 3. The average molecular weight is 405 g/mol. The Hall–Kier alpha value is -3.49. The van der Waals surface area contributed by atoms with E-state index in [0.29, 0.717) is 17.0 Å². The summed E-state index contributed by atoms with van der Waals surface area (Å²) in [5.74, 6) is -0.0597. The number of alkyl halides is 3. The van der Waals surface area contributed by atoms with Crippen molar-refractivity contribution in [3.8, 4) is 11.3 Å². The molecule has 29 heavy (non-hydrogen) atoms. The van der Waals surface area contributed by atoms with Crippen LogP contribution >= 0.6 is 0 Å². The fourth-order valence-corrected chi connectivity index (χ4v) is 2.61. The normalized spacial score (nSPS) is 11.2. The van der Waals surface area contributed by atoms with Gasteiger partial charge in [0.25, 0.3) is 6.01 Å². The van der Waals surface area contributed by atoms with Gasteiger partial charge in [0.15, 0.2) is 5.76 Å². The Morgan fingerprint density at radius 1 is 1.14 bits per heavy atom. The monoisotopic (exact) mass is 405 g/mol. The summed E-state index contributed by atoms with van der Waals surface area (Å²) in [5.41, 5.74) is 2.00. The van der Waals surface area contributed by atoms with E-state index in [2.05, 4.69) is 20.4 Å². The Balaban J connectivity index is 1.74. The van der Waals surface area contributed by atoms with Crippen molar-refractivity contribution in [2.45, 2.75) is 13.1 Å². The molecule has 152 valence electrons. The Bertz CT molecular complexity index is 998. The van der Waals surface area contributed by atoms with Crippen molar-refractivity contribution in [3.05, 3.63) is 59.8 Å². The number of aromatic nitrogens is 1. The van der Waals surface area contributed by atoms with Crippen molar-refractivity contribution in [3.63, 3.8) is 0 Å². The molecule has 0 bridgehead atoms. The van der Waals surface area contributed by atoms with Gasteiger partial charge in [-0.1, -0.05) is 18.2 Å². The largest absolute Gasteiger partial charge is 0.468 e. The second-order valence-electron chi connectivity index (χ2n) is 6.14. The first-order valence-electron chi connectivity index (χ1n) is 8.58. The van der Waals surface area contributed by atoms with Crippen LogP contribution in [0, 0.1) is 6.92 Å². The van der Waals surface area contributed by atoms with Crippen molar-refractivity contribution >= 4 is 23.4 Å². The average Bonchev–Trinajstić information content (AvgIpc) is 3.16. The van der Waals surface area contributed by atoms with Crippen LogP contribution in [0.3, 0.4) is 0 Å². The first-order chi connectivity index (χ1) is 13.8. The smallest absolute Gasteiger partial charge is 0.416 e. The van der Waals surface area contributed by atoms with Crippen LogP contribution in [0.15, 0.2) is 53.1 Å². The van der Waals surface area contributed by atoms with Crippen molar-refractivity contribution in [1.82, 2.24) is 4.98 Å². The number of halogens is 3. The number of carbonyl (C=O) groups is 1. The number of hydrogen-bond donors (Lipinski definition) is 2. The quantitative estimate of drug-likeness (QED) is 0.562. The molecule has 0 saturated heterocycles. The molecule has 0 atom stereocenters. The standard InChI is InChI=1S/C20H18F3N3O3/c1-12-15(24-11-18(27)28-2)4-3-5-16(12)26-19-25-10-17(29-19)13-6-8-14(9-7-13)20(21,22)23/h3-10,24H,11H2,1-2H3,(H,25,26). The highest BCUT2D eigenvalue weighted by Crippen LogP contribution is 2.32. The lowest BCUT2D eigenvalue weighted by Crippen LogP contribution is -2.15. The van der Waals surface area contributed by atoms with E-state index in [1.807, 2.05) is 13.0 Å². The van der Waals surface area contributed by atoms with Gasteiger partial charge in [-0.05, 0) is 36.8 Å². The Morgan fingerprint density at radius 3 is 2.48 bits per heavy atom. The molecule has 2 N–H and O–H groups in total. The molecule has 1 heterocycles. The lowest BCUT2D eigenvalue weighted by molar-refractivity contribution is -0.139. The van der Waals surface area contributed by atoms with Gasteiger partial charge in [-0.25, -0.2) is 4.98 Å². The van der Waals surface area contributed by atoms with E-state index >= 15 is 0 Å². The van der Waals surface area contributed by atoms with E-state index < -0.39 is 17.7 Å². The fourth-order valence-electron chi connectivity index (χ4n) is 2.61. The lowest BCUT2D eigenvalue weighted by atomic mass is 10.1.